The molecular formula is C15H16N2O3. The van der Waals surface area contributed by atoms with E-state index in [-0.39, 0.29) is 0 Å². The van der Waals surface area contributed by atoms with Gasteiger partial charge in [-0.3, -0.25) is 0 Å². The van der Waals surface area contributed by atoms with Gasteiger partial charge in [-0.2, -0.15) is 0 Å². The Balaban J connectivity index is 2.01. The molecular weight excluding hydrogens is 256 g/mol. The van der Waals surface area contributed by atoms with E-state index in [1.807, 2.05) is 36.4 Å². The number of nitrogens with zero attached hydrogens (tertiary/aromatic N) is 1. The summed E-state index contributed by atoms with van der Waals surface area (Å²) in [6.07, 6.45) is 0. The molecule has 0 aliphatic carbocycles. The molecule has 2 N–H and O–H groups in total. The highest BCUT2D eigenvalue weighted by molar-refractivity contribution is 5.67. The normalized spacial score (nSPS) is 9.90. The molecule has 0 saturated heterocycles. The molecule has 0 spiro atoms. The van der Waals surface area contributed by atoms with E-state index in [9.17, 15) is 4.79 Å². The third-order valence-corrected chi connectivity index (χ3v) is 2.55. The van der Waals surface area contributed by atoms with E-state index < -0.39 is 5.97 Å². The average Bonchev–Trinajstić information content (AvgIpc) is 2.46. The number of ether oxygens (including phenoxy) is 1. The zero-order valence-electron chi connectivity index (χ0n) is 11.2. The van der Waals surface area contributed by atoms with Gasteiger partial charge in [-0.1, -0.05) is 36.4 Å². The van der Waals surface area contributed by atoms with Crippen LogP contribution in [0.2, 0.25) is 0 Å². The molecule has 0 bridgehead atoms. The molecule has 0 atom stereocenters. The van der Waals surface area contributed by atoms with Crippen LogP contribution in [0.5, 0.6) is 5.75 Å². The lowest BCUT2D eigenvalue weighted by molar-refractivity contribution is -0.142. The quantitative estimate of drug-likeness (QED) is 0.669. The van der Waals surface area contributed by atoms with E-state index in [0.717, 1.165) is 10.7 Å². The van der Waals surface area contributed by atoms with Gasteiger partial charge in [0, 0.05) is 13.0 Å². The molecule has 2 rings (SSSR count). The Morgan fingerprint density at radius 1 is 1.15 bits per heavy atom. The van der Waals surface area contributed by atoms with E-state index in [0.29, 0.717) is 18.0 Å². The van der Waals surface area contributed by atoms with Gasteiger partial charge in [0.1, 0.15) is 12.4 Å². The molecule has 0 aliphatic heterocycles. The minimum atomic E-state index is -0.483. The van der Waals surface area contributed by atoms with Crippen molar-refractivity contribution in [2.45, 2.75) is 13.5 Å². The molecule has 0 radical (unpaired) electrons. The predicted octanol–water partition coefficient (Wildman–Crippen LogP) is 2.42. The summed E-state index contributed by atoms with van der Waals surface area (Å²) < 4.78 is 5.67. The standard InChI is InChI=1S/C15H16N2O3/c1-12(18)20-17(16)14-8-5-9-15(10-14)19-11-13-6-3-2-4-7-13/h2-10H,11,16H2,1H3. The summed E-state index contributed by atoms with van der Waals surface area (Å²) in [6.45, 7) is 1.75. The summed E-state index contributed by atoms with van der Waals surface area (Å²) in [6, 6.07) is 16.8. The number of nitrogens with two attached hydrogens (primary N) is 1. The molecule has 2 aromatic rings. The molecule has 5 nitrogen and oxygen atoms in total. The van der Waals surface area contributed by atoms with Crippen molar-refractivity contribution in [3.63, 3.8) is 0 Å². The number of anilines is 1. The Labute approximate surface area is 117 Å². The van der Waals surface area contributed by atoms with E-state index in [1.165, 1.54) is 6.92 Å². The van der Waals surface area contributed by atoms with Crippen molar-refractivity contribution < 1.29 is 14.4 Å². The summed E-state index contributed by atoms with van der Waals surface area (Å²) in [4.78, 5) is 15.6. The van der Waals surface area contributed by atoms with Gasteiger partial charge in [-0.15, -0.1) is 5.17 Å². The van der Waals surface area contributed by atoms with Crippen molar-refractivity contribution in [3.05, 3.63) is 60.2 Å². The highest BCUT2D eigenvalue weighted by Gasteiger charge is 2.06. The monoisotopic (exact) mass is 272 g/mol. The van der Waals surface area contributed by atoms with Crippen LogP contribution in [0, 0.1) is 0 Å². The highest BCUT2D eigenvalue weighted by atomic mass is 16.7. The van der Waals surface area contributed by atoms with Gasteiger partial charge in [0.05, 0.1) is 5.69 Å². The Morgan fingerprint density at radius 2 is 1.90 bits per heavy atom. The first kappa shape index (κ1) is 13.9. The SMILES string of the molecule is CC(=O)ON(N)c1cccc(OCc2ccccc2)c1. The minimum Gasteiger partial charge on any atom is -0.489 e. The Bertz CT molecular complexity index is 572. The lowest BCUT2D eigenvalue weighted by Crippen LogP contribution is -2.32. The number of hydrogen-bond donors (Lipinski definition) is 1. The fourth-order valence-corrected chi connectivity index (χ4v) is 1.64. The van der Waals surface area contributed by atoms with Gasteiger partial charge in [-0.05, 0) is 17.7 Å². The van der Waals surface area contributed by atoms with Crippen LogP contribution in [0.15, 0.2) is 54.6 Å². The zero-order valence-corrected chi connectivity index (χ0v) is 11.2. The lowest BCUT2D eigenvalue weighted by Gasteiger charge is -2.17. The first-order valence-electron chi connectivity index (χ1n) is 6.15. The fourth-order valence-electron chi connectivity index (χ4n) is 1.64. The van der Waals surface area contributed by atoms with Gasteiger partial charge >= 0.3 is 5.97 Å². The maximum absolute atomic E-state index is 10.8. The summed E-state index contributed by atoms with van der Waals surface area (Å²) >= 11 is 0. The number of hydrogen-bond acceptors (Lipinski definition) is 5. The first-order chi connectivity index (χ1) is 9.65. The van der Waals surface area contributed by atoms with Gasteiger partial charge in [0.25, 0.3) is 0 Å². The summed E-state index contributed by atoms with van der Waals surface area (Å²) in [5.41, 5.74) is 1.60. The lowest BCUT2D eigenvalue weighted by atomic mass is 10.2. The van der Waals surface area contributed by atoms with Crippen molar-refractivity contribution in [2.75, 3.05) is 5.17 Å². The van der Waals surface area contributed by atoms with E-state index in [2.05, 4.69) is 0 Å². The van der Waals surface area contributed by atoms with Crippen LogP contribution in [-0.4, -0.2) is 5.97 Å². The average molecular weight is 272 g/mol. The molecule has 20 heavy (non-hydrogen) atoms. The molecule has 104 valence electrons. The van der Waals surface area contributed by atoms with Gasteiger partial charge in [0.2, 0.25) is 0 Å². The summed E-state index contributed by atoms with van der Waals surface area (Å²) in [5, 5.41) is 0.914. The van der Waals surface area contributed by atoms with Crippen LogP contribution < -0.4 is 15.8 Å². The molecule has 0 saturated carbocycles. The summed E-state index contributed by atoms with van der Waals surface area (Å²) in [7, 11) is 0. The largest absolute Gasteiger partial charge is 0.489 e. The molecule has 5 heteroatoms. The number of hydrazine groups is 1. The smallest absolute Gasteiger partial charge is 0.331 e. The van der Waals surface area contributed by atoms with Crippen molar-refractivity contribution in [2.24, 2.45) is 5.84 Å². The molecule has 0 unspecified atom stereocenters. The fraction of sp³-hybridized carbons (Fsp3) is 0.133. The van der Waals surface area contributed by atoms with Gasteiger partial charge in [-0.25, -0.2) is 10.6 Å². The molecule has 0 fully saturated rings. The third-order valence-electron chi connectivity index (χ3n) is 2.55. The van der Waals surface area contributed by atoms with Crippen molar-refractivity contribution in [3.8, 4) is 5.75 Å². The van der Waals surface area contributed by atoms with E-state index in [1.54, 1.807) is 18.2 Å². The van der Waals surface area contributed by atoms with Crippen LogP contribution in [0.1, 0.15) is 12.5 Å². The van der Waals surface area contributed by atoms with Crippen LogP contribution >= 0.6 is 0 Å². The van der Waals surface area contributed by atoms with Gasteiger partial charge in [0.15, 0.2) is 0 Å². The van der Waals surface area contributed by atoms with Gasteiger partial charge < -0.3 is 9.57 Å². The Morgan fingerprint density at radius 3 is 2.60 bits per heavy atom. The molecule has 2 aromatic carbocycles. The van der Waals surface area contributed by atoms with Crippen molar-refractivity contribution in [1.82, 2.24) is 0 Å². The maximum Gasteiger partial charge on any atom is 0.331 e. The second-order valence-electron chi connectivity index (χ2n) is 4.18. The minimum absolute atomic E-state index is 0.461. The van der Waals surface area contributed by atoms with Crippen LogP contribution in [0.25, 0.3) is 0 Å². The predicted molar refractivity (Wildman–Crippen MR) is 75.6 cm³/mol. The number of rotatable bonds is 5. The third kappa shape index (κ3) is 4.00. The molecule has 0 amide bonds. The second-order valence-corrected chi connectivity index (χ2v) is 4.18. The molecule has 0 heterocycles. The molecule has 0 aliphatic rings. The van der Waals surface area contributed by atoms with Crippen LogP contribution in [0.3, 0.4) is 0 Å². The second kappa shape index (κ2) is 6.58. The van der Waals surface area contributed by atoms with Crippen molar-refractivity contribution in [1.29, 1.82) is 0 Å². The number of benzene rings is 2. The topological polar surface area (TPSA) is 64.8 Å². The number of carbonyl (C=O) groups excluding carboxylic acids is 1. The Hall–Kier alpha value is -2.53. The Kier molecular flexibility index (Phi) is 4.57. The van der Waals surface area contributed by atoms with Crippen molar-refractivity contribution >= 4 is 11.7 Å². The molecule has 0 aromatic heterocycles. The highest BCUT2D eigenvalue weighted by Crippen LogP contribution is 2.20. The van der Waals surface area contributed by atoms with Crippen LogP contribution in [-0.2, 0) is 16.2 Å². The van der Waals surface area contributed by atoms with E-state index in [4.69, 9.17) is 15.4 Å². The summed E-state index contributed by atoms with van der Waals surface area (Å²) in [5.74, 6) is 5.77. The number of carbonyl (C=O) groups is 1. The van der Waals surface area contributed by atoms with E-state index >= 15 is 0 Å². The first-order valence-corrected chi connectivity index (χ1v) is 6.15. The zero-order chi connectivity index (χ0) is 14.4. The maximum atomic E-state index is 10.8. The van der Waals surface area contributed by atoms with Crippen LogP contribution in [0.4, 0.5) is 5.69 Å².